The Bertz CT molecular complexity index is 628. The number of carbonyl (C=O) groups is 3. The summed E-state index contributed by atoms with van der Waals surface area (Å²) in [5.74, 6) is 0.00344. The third-order valence-electron chi connectivity index (χ3n) is 4.77. The van der Waals surface area contributed by atoms with Crippen LogP contribution in [0.2, 0.25) is 0 Å². The Kier molecular flexibility index (Phi) is 9.31. The Labute approximate surface area is 166 Å². The topological polar surface area (TPSA) is 87.7 Å². The number of nitrogens with zero attached hydrogens (tertiary/aromatic N) is 1. The molecule has 1 heterocycles. The molecule has 154 valence electrons. The number of aryl methyl sites for hydroxylation is 1. The van der Waals surface area contributed by atoms with Crippen molar-refractivity contribution in [2.24, 2.45) is 0 Å². The average Bonchev–Trinajstić information content (AvgIpc) is 2.71. The smallest absolute Gasteiger partial charge is 0.409 e. The lowest BCUT2D eigenvalue weighted by Crippen LogP contribution is -2.46. The Morgan fingerprint density at radius 2 is 1.79 bits per heavy atom. The minimum atomic E-state index is -0.282. The summed E-state index contributed by atoms with van der Waals surface area (Å²) in [5.41, 5.74) is 1.14. The highest BCUT2D eigenvalue weighted by Crippen LogP contribution is 2.12. The summed E-state index contributed by atoms with van der Waals surface area (Å²) >= 11 is 0. The van der Waals surface area contributed by atoms with Crippen LogP contribution in [0, 0.1) is 0 Å². The molecule has 7 heteroatoms. The van der Waals surface area contributed by atoms with Crippen LogP contribution in [0.3, 0.4) is 0 Å². The van der Waals surface area contributed by atoms with Crippen molar-refractivity contribution in [2.75, 3.05) is 26.2 Å². The summed E-state index contributed by atoms with van der Waals surface area (Å²) in [4.78, 5) is 37.3. The fraction of sp³-hybridized carbons (Fsp3) is 0.571. The lowest BCUT2D eigenvalue weighted by atomic mass is 10.1. The van der Waals surface area contributed by atoms with Crippen molar-refractivity contribution in [3.63, 3.8) is 0 Å². The molecule has 1 aliphatic rings. The summed E-state index contributed by atoms with van der Waals surface area (Å²) in [5, 5.41) is 5.88. The molecule has 2 rings (SSSR count). The van der Waals surface area contributed by atoms with E-state index < -0.39 is 0 Å². The van der Waals surface area contributed by atoms with Crippen LogP contribution in [0.5, 0.6) is 0 Å². The first-order chi connectivity index (χ1) is 13.6. The van der Waals surface area contributed by atoms with Gasteiger partial charge in [0.15, 0.2) is 0 Å². The van der Waals surface area contributed by atoms with Crippen LogP contribution in [0.1, 0.15) is 44.6 Å². The molecule has 0 atom stereocenters. The summed E-state index contributed by atoms with van der Waals surface area (Å²) in [6.45, 7) is 3.86. The molecule has 7 nitrogen and oxygen atoms in total. The molecule has 0 spiro atoms. The number of carbonyl (C=O) groups excluding carboxylic acids is 3. The van der Waals surface area contributed by atoms with Gasteiger partial charge in [0, 0.05) is 38.5 Å². The van der Waals surface area contributed by atoms with E-state index in [0.29, 0.717) is 45.5 Å². The molecule has 0 radical (unpaired) electrons. The molecule has 1 aliphatic heterocycles. The largest absolute Gasteiger partial charge is 0.450 e. The third kappa shape index (κ3) is 7.98. The molecule has 0 bridgehead atoms. The highest BCUT2D eigenvalue weighted by atomic mass is 16.6. The lowest BCUT2D eigenvalue weighted by molar-refractivity contribution is -0.123. The monoisotopic (exact) mass is 389 g/mol. The van der Waals surface area contributed by atoms with E-state index >= 15 is 0 Å². The van der Waals surface area contributed by atoms with E-state index in [9.17, 15) is 14.4 Å². The minimum Gasteiger partial charge on any atom is -0.450 e. The van der Waals surface area contributed by atoms with Crippen molar-refractivity contribution in [3.8, 4) is 0 Å². The number of rotatable bonds is 9. The predicted molar refractivity (Wildman–Crippen MR) is 107 cm³/mol. The van der Waals surface area contributed by atoms with E-state index in [-0.39, 0.29) is 23.9 Å². The van der Waals surface area contributed by atoms with Gasteiger partial charge in [0.1, 0.15) is 0 Å². The zero-order valence-corrected chi connectivity index (χ0v) is 16.6. The zero-order valence-electron chi connectivity index (χ0n) is 16.6. The summed E-state index contributed by atoms with van der Waals surface area (Å²) in [6.07, 6.45) is 3.37. The van der Waals surface area contributed by atoms with Crippen LogP contribution in [0.25, 0.3) is 0 Å². The van der Waals surface area contributed by atoms with Crippen LogP contribution >= 0.6 is 0 Å². The van der Waals surface area contributed by atoms with Gasteiger partial charge in [-0.3, -0.25) is 9.59 Å². The second kappa shape index (κ2) is 12.0. The number of hydrogen-bond donors (Lipinski definition) is 2. The maximum atomic E-state index is 12.1. The summed E-state index contributed by atoms with van der Waals surface area (Å²) < 4.78 is 4.99. The molecule has 3 amide bonds. The standard InChI is InChI=1S/C21H31N3O4/c1-2-28-21(27)24-15-12-18(13-16-24)23-20(26)9-6-14-22-19(25)11-10-17-7-4-3-5-8-17/h3-5,7-8,18H,2,6,9-16H2,1H3,(H,22,25)(H,23,26). The number of piperidine rings is 1. The molecule has 0 unspecified atom stereocenters. The van der Waals surface area contributed by atoms with E-state index in [1.807, 2.05) is 30.3 Å². The van der Waals surface area contributed by atoms with Crippen molar-refractivity contribution >= 4 is 17.9 Å². The minimum absolute atomic E-state index is 0.00637. The van der Waals surface area contributed by atoms with Crippen LogP contribution in [-0.4, -0.2) is 55.1 Å². The first kappa shape index (κ1) is 21.7. The molecule has 0 aliphatic carbocycles. The Hall–Kier alpha value is -2.57. The fourth-order valence-corrected chi connectivity index (χ4v) is 3.19. The Morgan fingerprint density at radius 3 is 2.46 bits per heavy atom. The van der Waals surface area contributed by atoms with Gasteiger partial charge in [-0.15, -0.1) is 0 Å². The van der Waals surface area contributed by atoms with Crippen molar-refractivity contribution in [1.29, 1.82) is 0 Å². The van der Waals surface area contributed by atoms with Gasteiger partial charge < -0.3 is 20.3 Å². The van der Waals surface area contributed by atoms with Crippen molar-refractivity contribution in [3.05, 3.63) is 35.9 Å². The summed E-state index contributed by atoms with van der Waals surface area (Å²) in [6, 6.07) is 10.00. The van der Waals surface area contributed by atoms with Gasteiger partial charge in [0.2, 0.25) is 11.8 Å². The maximum absolute atomic E-state index is 12.1. The van der Waals surface area contributed by atoms with Gasteiger partial charge in [-0.1, -0.05) is 30.3 Å². The zero-order chi connectivity index (χ0) is 20.2. The second-order valence-electron chi connectivity index (χ2n) is 6.97. The SMILES string of the molecule is CCOC(=O)N1CCC(NC(=O)CCCNC(=O)CCc2ccccc2)CC1. The number of likely N-dealkylation sites (tertiary alicyclic amines) is 1. The number of amides is 3. The van der Waals surface area contributed by atoms with Gasteiger partial charge in [-0.05, 0) is 38.2 Å². The quantitative estimate of drug-likeness (QED) is 0.634. The van der Waals surface area contributed by atoms with Gasteiger partial charge >= 0.3 is 6.09 Å². The van der Waals surface area contributed by atoms with Crippen molar-refractivity contribution in [1.82, 2.24) is 15.5 Å². The van der Waals surface area contributed by atoms with Crippen LogP contribution in [0.15, 0.2) is 30.3 Å². The van der Waals surface area contributed by atoms with Crippen LogP contribution in [-0.2, 0) is 20.7 Å². The van der Waals surface area contributed by atoms with E-state index in [2.05, 4.69) is 10.6 Å². The van der Waals surface area contributed by atoms with E-state index in [0.717, 1.165) is 24.8 Å². The van der Waals surface area contributed by atoms with E-state index in [1.165, 1.54) is 0 Å². The van der Waals surface area contributed by atoms with Crippen molar-refractivity contribution < 1.29 is 19.1 Å². The third-order valence-corrected chi connectivity index (χ3v) is 4.77. The lowest BCUT2D eigenvalue weighted by Gasteiger charge is -2.31. The molecular formula is C21H31N3O4. The first-order valence-corrected chi connectivity index (χ1v) is 10.1. The molecule has 1 saturated heterocycles. The van der Waals surface area contributed by atoms with Crippen LogP contribution in [0.4, 0.5) is 4.79 Å². The number of hydrogen-bond acceptors (Lipinski definition) is 4. The second-order valence-corrected chi connectivity index (χ2v) is 6.97. The maximum Gasteiger partial charge on any atom is 0.409 e. The normalized spacial score (nSPS) is 14.4. The Balaban J connectivity index is 1.52. The van der Waals surface area contributed by atoms with E-state index in [4.69, 9.17) is 4.74 Å². The predicted octanol–water partition coefficient (Wildman–Crippen LogP) is 2.25. The Morgan fingerprint density at radius 1 is 1.07 bits per heavy atom. The highest BCUT2D eigenvalue weighted by Gasteiger charge is 2.24. The molecule has 2 N–H and O–H groups in total. The molecule has 0 saturated carbocycles. The summed E-state index contributed by atoms with van der Waals surface area (Å²) in [7, 11) is 0. The molecule has 1 fully saturated rings. The fourth-order valence-electron chi connectivity index (χ4n) is 3.19. The van der Waals surface area contributed by atoms with Gasteiger partial charge in [-0.2, -0.15) is 0 Å². The number of ether oxygens (including phenoxy) is 1. The molecule has 1 aromatic rings. The van der Waals surface area contributed by atoms with E-state index in [1.54, 1.807) is 11.8 Å². The first-order valence-electron chi connectivity index (χ1n) is 10.1. The highest BCUT2D eigenvalue weighted by molar-refractivity contribution is 5.77. The molecule has 28 heavy (non-hydrogen) atoms. The number of nitrogens with one attached hydrogen (secondary N) is 2. The molecule has 1 aromatic carbocycles. The molecule has 0 aromatic heterocycles. The van der Waals surface area contributed by atoms with Gasteiger partial charge in [-0.25, -0.2) is 4.79 Å². The van der Waals surface area contributed by atoms with Crippen molar-refractivity contribution in [2.45, 2.75) is 51.5 Å². The van der Waals surface area contributed by atoms with Gasteiger partial charge in [0.25, 0.3) is 0 Å². The molecular weight excluding hydrogens is 358 g/mol. The average molecular weight is 389 g/mol. The number of benzene rings is 1. The van der Waals surface area contributed by atoms with Crippen LogP contribution < -0.4 is 10.6 Å². The van der Waals surface area contributed by atoms with Gasteiger partial charge in [0.05, 0.1) is 6.61 Å².